The molecule has 0 spiro atoms. The number of aryl methyl sites for hydroxylation is 1. The van der Waals surface area contributed by atoms with E-state index in [1.807, 2.05) is 25.1 Å². The third-order valence-corrected chi connectivity index (χ3v) is 5.61. The zero-order chi connectivity index (χ0) is 21.8. The normalized spacial score (nSPS) is 16.3. The van der Waals surface area contributed by atoms with Crippen LogP contribution in [0.5, 0.6) is 5.75 Å². The minimum absolute atomic E-state index is 0.163. The summed E-state index contributed by atoms with van der Waals surface area (Å²) in [4.78, 5) is 23.6. The van der Waals surface area contributed by atoms with E-state index < -0.39 is 0 Å². The van der Waals surface area contributed by atoms with Crippen molar-refractivity contribution in [3.8, 4) is 17.1 Å². The molecule has 2 aromatic carbocycles. The van der Waals surface area contributed by atoms with Gasteiger partial charge in [-0.15, -0.1) is 0 Å². The van der Waals surface area contributed by atoms with Crippen LogP contribution in [0.25, 0.3) is 22.3 Å². The monoisotopic (exact) mass is 420 g/mol. The average molecular weight is 421 g/mol. The molecule has 0 radical (unpaired) electrons. The molecule has 1 atom stereocenters. The SMILES string of the molecule is CCOC(=O)NC[C@@H]1CCCN(c2nc(-c3ccccc3O)nc3cc(C)ccc23)C1. The van der Waals surface area contributed by atoms with Gasteiger partial charge in [0.2, 0.25) is 0 Å². The second-order valence-electron chi connectivity index (χ2n) is 7.96. The minimum Gasteiger partial charge on any atom is -0.507 e. The summed E-state index contributed by atoms with van der Waals surface area (Å²) in [6, 6.07) is 13.3. The summed E-state index contributed by atoms with van der Waals surface area (Å²) in [6.07, 6.45) is 1.68. The largest absolute Gasteiger partial charge is 0.507 e. The molecule has 1 aromatic heterocycles. The highest BCUT2D eigenvalue weighted by molar-refractivity contribution is 5.92. The molecular formula is C24H28N4O3. The Hall–Kier alpha value is -3.35. The zero-order valence-electron chi connectivity index (χ0n) is 18.0. The van der Waals surface area contributed by atoms with Crippen molar-refractivity contribution in [3.63, 3.8) is 0 Å². The summed E-state index contributed by atoms with van der Waals surface area (Å²) < 4.78 is 4.98. The van der Waals surface area contributed by atoms with Gasteiger partial charge in [0.1, 0.15) is 11.6 Å². The Morgan fingerprint density at radius 2 is 2.10 bits per heavy atom. The van der Waals surface area contributed by atoms with Crippen molar-refractivity contribution in [2.24, 2.45) is 5.92 Å². The van der Waals surface area contributed by atoms with Crippen molar-refractivity contribution < 1.29 is 14.6 Å². The van der Waals surface area contributed by atoms with Gasteiger partial charge in [-0.05, 0) is 62.4 Å². The Balaban J connectivity index is 1.67. The number of phenolic OH excluding ortho intramolecular Hbond substituents is 1. The van der Waals surface area contributed by atoms with E-state index in [1.54, 1.807) is 19.1 Å². The summed E-state index contributed by atoms with van der Waals surface area (Å²) >= 11 is 0. The number of aromatic hydroxyl groups is 1. The van der Waals surface area contributed by atoms with Crippen LogP contribution < -0.4 is 10.2 Å². The first-order valence-corrected chi connectivity index (χ1v) is 10.8. The first-order chi connectivity index (χ1) is 15.0. The number of para-hydroxylation sites is 1. The van der Waals surface area contributed by atoms with Crippen molar-refractivity contribution in [1.82, 2.24) is 15.3 Å². The fraction of sp³-hybridized carbons (Fsp3) is 0.375. The number of carbonyl (C=O) groups is 1. The van der Waals surface area contributed by atoms with E-state index in [0.717, 1.165) is 48.2 Å². The number of ether oxygens (including phenoxy) is 1. The lowest BCUT2D eigenvalue weighted by Gasteiger charge is -2.34. The number of carbonyl (C=O) groups excluding carboxylic acids is 1. The van der Waals surface area contributed by atoms with Gasteiger partial charge in [-0.25, -0.2) is 14.8 Å². The van der Waals surface area contributed by atoms with Crippen molar-refractivity contribution in [2.45, 2.75) is 26.7 Å². The Morgan fingerprint density at radius 3 is 2.90 bits per heavy atom. The van der Waals surface area contributed by atoms with Crippen LogP contribution in [0.2, 0.25) is 0 Å². The molecule has 7 heteroatoms. The lowest BCUT2D eigenvalue weighted by atomic mass is 9.97. The first-order valence-electron chi connectivity index (χ1n) is 10.8. The van der Waals surface area contributed by atoms with Gasteiger partial charge in [0.25, 0.3) is 0 Å². The summed E-state index contributed by atoms with van der Waals surface area (Å²) in [5, 5.41) is 14.2. The quantitative estimate of drug-likeness (QED) is 0.641. The third-order valence-electron chi connectivity index (χ3n) is 5.61. The number of fused-ring (bicyclic) bond motifs is 1. The number of nitrogens with zero attached hydrogens (tertiary/aromatic N) is 3. The molecule has 0 bridgehead atoms. The topological polar surface area (TPSA) is 87.6 Å². The average Bonchev–Trinajstić information content (AvgIpc) is 2.77. The fourth-order valence-corrected chi connectivity index (χ4v) is 4.08. The number of nitrogens with one attached hydrogen (secondary N) is 1. The number of rotatable bonds is 5. The maximum absolute atomic E-state index is 11.7. The van der Waals surface area contributed by atoms with Gasteiger partial charge in [0.15, 0.2) is 5.82 Å². The van der Waals surface area contributed by atoms with Gasteiger partial charge in [-0.3, -0.25) is 0 Å². The molecule has 0 unspecified atom stereocenters. The highest BCUT2D eigenvalue weighted by Crippen LogP contribution is 2.33. The number of hydrogen-bond acceptors (Lipinski definition) is 6. The molecule has 162 valence electrons. The van der Waals surface area contributed by atoms with Crippen LogP contribution in [-0.2, 0) is 4.74 Å². The van der Waals surface area contributed by atoms with E-state index in [0.29, 0.717) is 30.5 Å². The Kier molecular flexibility index (Phi) is 6.21. The number of piperidine rings is 1. The summed E-state index contributed by atoms with van der Waals surface area (Å²) in [6.45, 7) is 6.45. The molecule has 1 fully saturated rings. The fourth-order valence-electron chi connectivity index (χ4n) is 4.08. The maximum Gasteiger partial charge on any atom is 0.407 e. The van der Waals surface area contributed by atoms with Crippen molar-refractivity contribution in [2.75, 3.05) is 31.1 Å². The molecule has 31 heavy (non-hydrogen) atoms. The molecule has 0 saturated carbocycles. The second-order valence-corrected chi connectivity index (χ2v) is 7.96. The number of aromatic nitrogens is 2. The van der Waals surface area contributed by atoms with Crippen LogP contribution in [0.1, 0.15) is 25.3 Å². The molecular weight excluding hydrogens is 392 g/mol. The molecule has 4 rings (SSSR count). The third kappa shape index (κ3) is 4.71. The summed E-state index contributed by atoms with van der Waals surface area (Å²) in [5.74, 6) is 1.85. The molecule has 1 aliphatic heterocycles. The van der Waals surface area contributed by atoms with E-state index in [2.05, 4.69) is 22.3 Å². The molecule has 1 saturated heterocycles. The van der Waals surface area contributed by atoms with Gasteiger partial charge in [0, 0.05) is 25.0 Å². The lowest BCUT2D eigenvalue weighted by molar-refractivity contribution is 0.150. The van der Waals surface area contributed by atoms with Crippen LogP contribution in [0.4, 0.5) is 10.6 Å². The Labute approximate surface area is 182 Å². The standard InChI is InChI=1S/C24H28N4O3/c1-3-31-24(30)25-14-17-7-6-12-28(15-17)23-18-11-10-16(2)13-20(18)26-22(27-23)19-8-4-5-9-21(19)29/h4-5,8-11,13,17,29H,3,6-7,12,14-15H2,1-2H3,(H,25,30)/t17-/m0/s1. The second kappa shape index (κ2) is 9.20. The van der Waals surface area contributed by atoms with Crippen molar-refractivity contribution in [3.05, 3.63) is 48.0 Å². The molecule has 3 aromatic rings. The van der Waals surface area contributed by atoms with Gasteiger partial charge >= 0.3 is 6.09 Å². The predicted octanol–water partition coefficient (Wildman–Crippen LogP) is 4.27. The number of phenols is 1. The summed E-state index contributed by atoms with van der Waals surface area (Å²) in [5.41, 5.74) is 2.59. The van der Waals surface area contributed by atoms with Crippen LogP contribution in [0, 0.1) is 12.8 Å². The number of benzene rings is 2. The van der Waals surface area contributed by atoms with E-state index in [9.17, 15) is 9.90 Å². The van der Waals surface area contributed by atoms with Crippen LogP contribution >= 0.6 is 0 Å². The van der Waals surface area contributed by atoms with E-state index in [-0.39, 0.29) is 11.8 Å². The minimum atomic E-state index is -0.371. The van der Waals surface area contributed by atoms with Gasteiger partial charge < -0.3 is 20.1 Å². The number of amides is 1. The molecule has 1 aliphatic rings. The molecule has 1 amide bonds. The molecule has 0 aliphatic carbocycles. The van der Waals surface area contributed by atoms with Crippen LogP contribution in [0.3, 0.4) is 0 Å². The summed E-state index contributed by atoms with van der Waals surface area (Å²) in [7, 11) is 0. The van der Waals surface area contributed by atoms with Crippen LogP contribution in [-0.4, -0.2) is 47.4 Å². The van der Waals surface area contributed by atoms with E-state index in [1.165, 1.54) is 0 Å². The van der Waals surface area contributed by atoms with Crippen molar-refractivity contribution in [1.29, 1.82) is 0 Å². The van der Waals surface area contributed by atoms with Gasteiger partial charge in [0.05, 0.1) is 17.7 Å². The van der Waals surface area contributed by atoms with Crippen molar-refractivity contribution >= 4 is 22.8 Å². The highest BCUT2D eigenvalue weighted by Gasteiger charge is 2.24. The maximum atomic E-state index is 11.7. The number of hydrogen-bond donors (Lipinski definition) is 2. The highest BCUT2D eigenvalue weighted by atomic mass is 16.5. The van der Waals surface area contributed by atoms with E-state index in [4.69, 9.17) is 14.7 Å². The molecule has 2 N–H and O–H groups in total. The number of alkyl carbamates (subject to hydrolysis) is 1. The van der Waals surface area contributed by atoms with Crippen LogP contribution in [0.15, 0.2) is 42.5 Å². The first kappa shape index (κ1) is 20.9. The number of anilines is 1. The predicted molar refractivity (Wildman–Crippen MR) is 121 cm³/mol. The smallest absolute Gasteiger partial charge is 0.407 e. The Bertz CT molecular complexity index is 1090. The van der Waals surface area contributed by atoms with Gasteiger partial charge in [-0.1, -0.05) is 18.2 Å². The molecule has 7 nitrogen and oxygen atoms in total. The lowest BCUT2D eigenvalue weighted by Crippen LogP contribution is -2.41. The Morgan fingerprint density at radius 1 is 1.26 bits per heavy atom. The van der Waals surface area contributed by atoms with E-state index >= 15 is 0 Å². The zero-order valence-corrected chi connectivity index (χ0v) is 18.0. The molecule has 2 heterocycles. The van der Waals surface area contributed by atoms with Gasteiger partial charge in [-0.2, -0.15) is 0 Å².